The molecule has 0 saturated heterocycles. The summed E-state index contributed by atoms with van der Waals surface area (Å²) in [6, 6.07) is 14.1. The Hall–Kier alpha value is -3.06. The molecule has 8 heteroatoms. The van der Waals surface area contributed by atoms with Gasteiger partial charge in [0.05, 0.1) is 6.61 Å². The summed E-state index contributed by atoms with van der Waals surface area (Å²) in [7, 11) is 0. The van der Waals surface area contributed by atoms with Gasteiger partial charge in [-0.2, -0.15) is 0 Å². The van der Waals surface area contributed by atoms with Crippen LogP contribution in [0, 0.1) is 23.7 Å². The molecule has 0 bridgehead atoms. The van der Waals surface area contributed by atoms with E-state index in [1.807, 2.05) is 57.2 Å². The summed E-state index contributed by atoms with van der Waals surface area (Å²) in [5.74, 6) is 0.301. The average molecular weight is 598 g/mol. The van der Waals surface area contributed by atoms with Gasteiger partial charge in [0.1, 0.15) is 17.8 Å². The fourth-order valence-electron chi connectivity index (χ4n) is 4.99. The van der Waals surface area contributed by atoms with E-state index in [1.54, 1.807) is 6.07 Å². The first kappa shape index (κ1) is 33.4. The molecule has 2 aromatic rings. The smallest absolute Gasteiger partial charge is 0.243 e. The zero-order valence-electron chi connectivity index (χ0n) is 25.8. The maximum Gasteiger partial charge on any atom is 0.243 e. The number of rotatable bonds is 17. The molecule has 4 atom stereocenters. The lowest BCUT2D eigenvalue weighted by Gasteiger charge is -2.27. The topological polar surface area (TPSA) is 96.5 Å². The third-order valence-corrected chi connectivity index (χ3v) is 7.89. The number of halogens is 1. The van der Waals surface area contributed by atoms with Gasteiger partial charge in [-0.15, -0.1) is 0 Å². The SMILES string of the molecule is CCCOc1ccccc1C[C@H](C)CNC(=O)[C@H](CC1CC1)NC(=O)[C@H](NC(=O)[C@H](C)Cc1cccc(Cl)c1)C(C)C. The van der Waals surface area contributed by atoms with E-state index >= 15 is 0 Å². The molecule has 0 aromatic heterocycles. The highest BCUT2D eigenvalue weighted by atomic mass is 35.5. The maximum absolute atomic E-state index is 13.4. The van der Waals surface area contributed by atoms with Crippen molar-refractivity contribution in [1.82, 2.24) is 16.0 Å². The third-order valence-electron chi connectivity index (χ3n) is 7.65. The summed E-state index contributed by atoms with van der Waals surface area (Å²) in [6.07, 6.45) is 4.96. The fraction of sp³-hybridized carbons (Fsp3) is 0.559. The zero-order valence-corrected chi connectivity index (χ0v) is 26.5. The second-order valence-corrected chi connectivity index (χ2v) is 12.7. The van der Waals surface area contributed by atoms with Crippen molar-refractivity contribution in [3.05, 3.63) is 64.7 Å². The molecule has 0 heterocycles. The number of hydrogen-bond donors (Lipinski definition) is 3. The van der Waals surface area contributed by atoms with E-state index in [1.165, 1.54) is 0 Å². The highest BCUT2D eigenvalue weighted by Gasteiger charge is 2.33. The van der Waals surface area contributed by atoms with Gasteiger partial charge in [-0.25, -0.2) is 0 Å². The number of carbonyl (C=O) groups is 3. The summed E-state index contributed by atoms with van der Waals surface area (Å²) < 4.78 is 5.89. The van der Waals surface area contributed by atoms with Crippen molar-refractivity contribution in [3.8, 4) is 5.75 Å². The second kappa shape index (κ2) is 16.5. The van der Waals surface area contributed by atoms with Gasteiger partial charge < -0.3 is 20.7 Å². The standard InChI is InChI=1S/C34H48ClN3O4/c1-6-16-42-30-13-8-7-11-27(30)17-23(4)21-36-33(40)29(20-25-14-15-25)37-34(41)31(22(2)3)38-32(39)24(5)18-26-10-9-12-28(35)19-26/h7-13,19,22-25,29,31H,6,14-18,20-21H2,1-5H3,(H,36,40)(H,37,41)(H,38,39)/t23-,24+,29-,31+/m0/s1. The lowest BCUT2D eigenvalue weighted by molar-refractivity contribution is -0.134. The van der Waals surface area contributed by atoms with Crippen molar-refractivity contribution in [2.45, 2.75) is 85.2 Å². The molecule has 0 radical (unpaired) electrons. The molecule has 3 N–H and O–H groups in total. The van der Waals surface area contributed by atoms with Crippen LogP contribution in [0.25, 0.3) is 0 Å². The normalized spacial score (nSPS) is 15.8. The van der Waals surface area contributed by atoms with Crippen molar-refractivity contribution in [2.75, 3.05) is 13.2 Å². The van der Waals surface area contributed by atoms with Gasteiger partial charge in [0, 0.05) is 17.5 Å². The molecule has 2 aromatic carbocycles. The van der Waals surface area contributed by atoms with E-state index in [0.717, 1.165) is 42.6 Å². The van der Waals surface area contributed by atoms with Crippen molar-refractivity contribution < 1.29 is 19.1 Å². The van der Waals surface area contributed by atoms with Gasteiger partial charge in [0.2, 0.25) is 17.7 Å². The summed E-state index contributed by atoms with van der Waals surface area (Å²) in [5.41, 5.74) is 2.08. The molecule has 0 aliphatic heterocycles. The molecule has 1 aliphatic rings. The molecule has 1 fully saturated rings. The Balaban J connectivity index is 1.57. The Labute approximate surface area is 256 Å². The molecule has 7 nitrogen and oxygen atoms in total. The minimum Gasteiger partial charge on any atom is -0.493 e. The van der Waals surface area contributed by atoms with Crippen molar-refractivity contribution in [3.63, 3.8) is 0 Å². The van der Waals surface area contributed by atoms with Crippen molar-refractivity contribution in [2.24, 2.45) is 23.7 Å². The molecule has 42 heavy (non-hydrogen) atoms. The number of hydrogen-bond acceptors (Lipinski definition) is 4. The first-order chi connectivity index (χ1) is 20.1. The Morgan fingerprint density at radius 2 is 1.67 bits per heavy atom. The molecular formula is C34H48ClN3O4. The third kappa shape index (κ3) is 11.0. The zero-order chi connectivity index (χ0) is 30.6. The number of para-hydroxylation sites is 1. The van der Waals surface area contributed by atoms with Crippen molar-refractivity contribution in [1.29, 1.82) is 0 Å². The highest BCUT2D eigenvalue weighted by Crippen LogP contribution is 2.33. The predicted molar refractivity (Wildman–Crippen MR) is 168 cm³/mol. The average Bonchev–Trinajstić information content (AvgIpc) is 3.77. The molecular weight excluding hydrogens is 550 g/mol. The van der Waals surface area contributed by atoms with Crippen LogP contribution in [0.5, 0.6) is 5.75 Å². The molecule has 1 saturated carbocycles. The van der Waals surface area contributed by atoms with Crippen LogP contribution < -0.4 is 20.7 Å². The number of carbonyl (C=O) groups excluding carboxylic acids is 3. The van der Waals surface area contributed by atoms with Crippen LogP contribution in [0.3, 0.4) is 0 Å². The first-order valence-electron chi connectivity index (χ1n) is 15.4. The van der Waals surface area contributed by atoms with Crippen LogP contribution in [-0.2, 0) is 27.2 Å². The van der Waals surface area contributed by atoms with E-state index in [2.05, 4.69) is 35.9 Å². The Morgan fingerprint density at radius 1 is 0.929 bits per heavy atom. The lowest BCUT2D eigenvalue weighted by atomic mass is 9.97. The summed E-state index contributed by atoms with van der Waals surface area (Å²) in [4.78, 5) is 39.8. The number of amides is 3. The number of nitrogens with one attached hydrogen (secondary N) is 3. The molecule has 1 aliphatic carbocycles. The van der Waals surface area contributed by atoms with Gasteiger partial charge in [0.25, 0.3) is 0 Å². The van der Waals surface area contributed by atoms with Crippen molar-refractivity contribution >= 4 is 29.3 Å². The van der Waals surface area contributed by atoms with E-state index in [-0.39, 0.29) is 35.5 Å². The van der Waals surface area contributed by atoms with Crippen LogP contribution in [0.2, 0.25) is 5.02 Å². The summed E-state index contributed by atoms with van der Waals surface area (Å²) in [6.45, 7) is 11.0. The van der Waals surface area contributed by atoms with Gasteiger partial charge in [-0.1, -0.05) is 89.4 Å². The van der Waals surface area contributed by atoms with Crippen LogP contribution >= 0.6 is 11.6 Å². The Bertz CT molecular complexity index is 1180. The van der Waals surface area contributed by atoms with E-state index in [0.29, 0.717) is 36.9 Å². The van der Waals surface area contributed by atoms with E-state index in [4.69, 9.17) is 16.3 Å². The van der Waals surface area contributed by atoms with Crippen LogP contribution in [0.1, 0.15) is 71.4 Å². The van der Waals surface area contributed by atoms with Gasteiger partial charge in [0.15, 0.2) is 0 Å². The Kier molecular flexibility index (Phi) is 13.2. The van der Waals surface area contributed by atoms with Crippen LogP contribution in [0.4, 0.5) is 0 Å². The fourth-order valence-corrected chi connectivity index (χ4v) is 5.20. The van der Waals surface area contributed by atoms with Gasteiger partial charge in [-0.05, 0) is 72.8 Å². The van der Waals surface area contributed by atoms with Gasteiger partial charge >= 0.3 is 0 Å². The highest BCUT2D eigenvalue weighted by molar-refractivity contribution is 6.30. The van der Waals surface area contributed by atoms with E-state index in [9.17, 15) is 14.4 Å². The largest absolute Gasteiger partial charge is 0.493 e. The predicted octanol–water partition coefficient (Wildman–Crippen LogP) is 5.73. The van der Waals surface area contributed by atoms with Gasteiger partial charge in [-0.3, -0.25) is 14.4 Å². The molecule has 3 rings (SSSR count). The van der Waals surface area contributed by atoms with Crippen LogP contribution in [0.15, 0.2) is 48.5 Å². The monoisotopic (exact) mass is 597 g/mol. The summed E-state index contributed by atoms with van der Waals surface area (Å²) in [5, 5.41) is 9.60. The molecule has 0 unspecified atom stereocenters. The lowest BCUT2D eigenvalue weighted by Crippen LogP contribution is -2.56. The Morgan fingerprint density at radius 3 is 2.33 bits per heavy atom. The number of benzene rings is 2. The summed E-state index contributed by atoms with van der Waals surface area (Å²) >= 11 is 6.10. The molecule has 3 amide bonds. The maximum atomic E-state index is 13.4. The molecule has 230 valence electrons. The van der Waals surface area contributed by atoms with E-state index < -0.39 is 12.1 Å². The number of ether oxygens (including phenoxy) is 1. The minimum atomic E-state index is -0.743. The molecule has 0 spiro atoms. The first-order valence-corrected chi connectivity index (χ1v) is 15.8. The minimum absolute atomic E-state index is 0.146. The quantitative estimate of drug-likeness (QED) is 0.217. The second-order valence-electron chi connectivity index (χ2n) is 12.2. The van der Waals surface area contributed by atoms with Crippen LogP contribution in [-0.4, -0.2) is 43.0 Å².